The third-order valence-electron chi connectivity index (χ3n) is 5.05. The lowest BCUT2D eigenvalue weighted by Gasteiger charge is -2.30. The largest absolute Gasteiger partial charge is 0.550 e. The van der Waals surface area contributed by atoms with E-state index in [1.54, 1.807) is 0 Å². The van der Waals surface area contributed by atoms with Crippen LogP contribution in [0.5, 0.6) is 0 Å². The molecule has 3 aromatic carbocycles. The summed E-state index contributed by atoms with van der Waals surface area (Å²) in [5.74, 6) is -1.08. The van der Waals surface area contributed by atoms with Crippen molar-refractivity contribution in [3.8, 4) is 0 Å². The fourth-order valence-corrected chi connectivity index (χ4v) is 8.73. The van der Waals surface area contributed by atoms with Crippen LogP contribution < -0.4 is 21.0 Å². The summed E-state index contributed by atoms with van der Waals surface area (Å²) in [7, 11) is -1.65. The molecule has 0 saturated heterocycles. The zero-order valence-corrected chi connectivity index (χ0v) is 18.3. The molecule has 0 N–H and O–H groups in total. The van der Waals surface area contributed by atoms with E-state index in [2.05, 4.69) is 100 Å². The lowest BCUT2D eigenvalue weighted by molar-refractivity contribution is -0.302. The molecule has 0 aliphatic heterocycles. The van der Waals surface area contributed by atoms with E-state index in [4.69, 9.17) is 9.90 Å². The Morgan fingerprint density at radius 3 is 1.18 bits per heavy atom. The molecule has 3 aromatic rings. The highest BCUT2D eigenvalue weighted by Gasteiger charge is 2.46. The molecule has 0 aliphatic rings. The molecule has 0 saturated carbocycles. The van der Waals surface area contributed by atoms with Crippen LogP contribution in [0.3, 0.4) is 0 Å². The molecule has 0 aromatic heterocycles. The van der Waals surface area contributed by atoms with E-state index < -0.39 is 13.2 Å². The van der Waals surface area contributed by atoms with Crippen molar-refractivity contribution < 1.29 is 9.90 Å². The van der Waals surface area contributed by atoms with Crippen molar-refractivity contribution in [1.29, 1.82) is 0 Å². The summed E-state index contributed by atoms with van der Waals surface area (Å²) < 4.78 is 0. The molecule has 0 spiro atoms. The number of aryl methyl sites for hydroxylation is 3. The summed E-state index contributed by atoms with van der Waals surface area (Å²) in [6, 6.07) is 26.9. The fourth-order valence-electron chi connectivity index (χ4n) is 3.88. The van der Waals surface area contributed by atoms with E-state index in [0.29, 0.717) is 0 Å². The SMILES string of the molecule is CC(=O)[O-].CC[P+](c1ccccc1C)(c1ccccc1C)c1ccccc1C. The summed E-state index contributed by atoms with van der Waals surface area (Å²) in [5.41, 5.74) is 4.21. The van der Waals surface area contributed by atoms with E-state index in [-0.39, 0.29) is 0 Å². The Hall–Kier alpha value is -2.44. The minimum Gasteiger partial charge on any atom is -0.550 e. The summed E-state index contributed by atoms with van der Waals surface area (Å²) in [5, 5.41) is 13.5. The van der Waals surface area contributed by atoms with Crippen LogP contribution >= 0.6 is 7.26 Å². The van der Waals surface area contributed by atoms with Crippen LogP contribution in [-0.4, -0.2) is 12.1 Å². The molecule has 3 heteroatoms. The molecule has 146 valence electrons. The van der Waals surface area contributed by atoms with Crippen molar-refractivity contribution in [2.75, 3.05) is 6.16 Å². The van der Waals surface area contributed by atoms with Gasteiger partial charge in [-0.15, -0.1) is 0 Å². The first-order chi connectivity index (χ1) is 13.3. The van der Waals surface area contributed by atoms with Crippen LogP contribution in [0.1, 0.15) is 30.5 Å². The second kappa shape index (κ2) is 9.66. The highest BCUT2D eigenvalue weighted by atomic mass is 31.2. The summed E-state index contributed by atoms with van der Waals surface area (Å²) in [6.07, 6.45) is 1.15. The van der Waals surface area contributed by atoms with Gasteiger partial charge in [0.1, 0.15) is 23.2 Å². The zero-order valence-electron chi connectivity index (χ0n) is 17.4. The fraction of sp³-hybridized carbons (Fsp3) is 0.240. The van der Waals surface area contributed by atoms with E-state index in [0.717, 1.165) is 13.1 Å². The lowest BCUT2D eigenvalue weighted by atomic mass is 10.2. The minimum atomic E-state index is -1.65. The molecule has 2 nitrogen and oxygen atoms in total. The highest BCUT2D eigenvalue weighted by Crippen LogP contribution is 2.56. The van der Waals surface area contributed by atoms with Gasteiger partial charge in [-0.25, -0.2) is 0 Å². The number of carbonyl (C=O) groups excluding carboxylic acids is 1. The minimum absolute atomic E-state index is 0.972. The third-order valence-corrected chi connectivity index (χ3v) is 9.98. The maximum atomic E-state index is 8.89. The van der Waals surface area contributed by atoms with Gasteiger partial charge in [0.15, 0.2) is 0 Å². The molecule has 28 heavy (non-hydrogen) atoms. The second-order valence-electron chi connectivity index (χ2n) is 6.98. The average Bonchev–Trinajstić information content (AvgIpc) is 2.66. The topological polar surface area (TPSA) is 40.1 Å². The first kappa shape index (κ1) is 21.9. The van der Waals surface area contributed by atoms with Gasteiger partial charge in [0, 0.05) is 5.97 Å². The number of carboxylic acid groups (broad SMARTS) is 1. The van der Waals surface area contributed by atoms with Crippen LogP contribution in [0, 0.1) is 20.8 Å². The summed E-state index contributed by atoms with van der Waals surface area (Å²) >= 11 is 0. The van der Waals surface area contributed by atoms with Crippen LogP contribution in [-0.2, 0) is 4.79 Å². The zero-order chi connectivity index (χ0) is 20.7. The summed E-state index contributed by atoms with van der Waals surface area (Å²) in [6.45, 7) is 10.1. The summed E-state index contributed by atoms with van der Waals surface area (Å²) in [4.78, 5) is 8.89. The van der Waals surface area contributed by atoms with Gasteiger partial charge < -0.3 is 9.90 Å². The standard InChI is InChI=1S/C23H26P.C2H4O2/c1-5-24(21-15-9-6-12-18(21)2,22-16-10-7-13-19(22)3)23-17-11-8-14-20(23)4;1-2(3)4/h6-17H,5H2,1-4H3;1H3,(H,3,4)/q+1;/p-1. The van der Waals surface area contributed by atoms with Crippen LogP contribution in [0.15, 0.2) is 72.8 Å². The van der Waals surface area contributed by atoms with Crippen molar-refractivity contribution in [2.24, 2.45) is 0 Å². The Bertz CT molecular complexity index is 832. The predicted octanol–water partition coefficient (Wildman–Crippen LogP) is 3.68. The number of carboxylic acids is 1. The van der Waals surface area contributed by atoms with Crippen LogP contribution in [0.25, 0.3) is 0 Å². The first-order valence-corrected chi connectivity index (χ1v) is 11.6. The van der Waals surface area contributed by atoms with Crippen molar-refractivity contribution in [3.63, 3.8) is 0 Å². The number of benzene rings is 3. The Morgan fingerprint density at radius 1 is 0.714 bits per heavy atom. The number of aliphatic carboxylic acids is 1. The van der Waals surface area contributed by atoms with Crippen molar-refractivity contribution in [2.45, 2.75) is 34.6 Å². The van der Waals surface area contributed by atoms with Gasteiger partial charge in [-0.05, 0) is 69.5 Å². The molecule has 0 radical (unpaired) electrons. The molecule has 0 atom stereocenters. The normalized spacial score (nSPS) is 10.8. The average molecular weight is 392 g/mol. The second-order valence-corrected chi connectivity index (χ2v) is 10.7. The Balaban J connectivity index is 0.000000640. The molecule has 0 amide bonds. The first-order valence-electron chi connectivity index (χ1n) is 9.58. The maximum Gasteiger partial charge on any atom is 0.112 e. The van der Waals surface area contributed by atoms with E-state index in [1.165, 1.54) is 32.6 Å². The number of rotatable bonds is 4. The van der Waals surface area contributed by atoms with Gasteiger partial charge in [-0.3, -0.25) is 0 Å². The quantitative estimate of drug-likeness (QED) is 0.636. The smallest absolute Gasteiger partial charge is 0.112 e. The van der Waals surface area contributed by atoms with E-state index in [9.17, 15) is 0 Å². The monoisotopic (exact) mass is 392 g/mol. The van der Waals surface area contributed by atoms with Gasteiger partial charge in [0.05, 0.1) is 6.16 Å². The third kappa shape index (κ3) is 4.51. The van der Waals surface area contributed by atoms with E-state index in [1.807, 2.05) is 0 Å². The van der Waals surface area contributed by atoms with Gasteiger partial charge in [0.2, 0.25) is 0 Å². The molecular formula is C25H29O2P. The molecule has 0 aliphatic carbocycles. The van der Waals surface area contributed by atoms with Crippen LogP contribution in [0.4, 0.5) is 0 Å². The Labute approximate surface area is 169 Å². The Morgan fingerprint density at radius 2 is 0.964 bits per heavy atom. The molecular weight excluding hydrogens is 363 g/mol. The van der Waals surface area contributed by atoms with Gasteiger partial charge in [-0.1, -0.05) is 54.6 Å². The molecule has 0 heterocycles. The van der Waals surface area contributed by atoms with Crippen molar-refractivity contribution in [1.82, 2.24) is 0 Å². The molecule has 3 rings (SSSR count). The van der Waals surface area contributed by atoms with Crippen LogP contribution in [0.2, 0.25) is 0 Å². The van der Waals surface area contributed by atoms with Gasteiger partial charge >= 0.3 is 0 Å². The van der Waals surface area contributed by atoms with Gasteiger partial charge in [0.25, 0.3) is 0 Å². The maximum absolute atomic E-state index is 8.89. The number of hydrogen-bond acceptors (Lipinski definition) is 2. The van der Waals surface area contributed by atoms with E-state index >= 15 is 0 Å². The van der Waals surface area contributed by atoms with Gasteiger partial charge in [-0.2, -0.15) is 0 Å². The van der Waals surface area contributed by atoms with Crippen molar-refractivity contribution in [3.05, 3.63) is 89.5 Å². The number of hydrogen-bond donors (Lipinski definition) is 0. The lowest BCUT2D eigenvalue weighted by Crippen LogP contribution is -2.36. The predicted molar refractivity (Wildman–Crippen MR) is 121 cm³/mol. The highest BCUT2D eigenvalue weighted by molar-refractivity contribution is 7.95. The molecule has 0 unspecified atom stereocenters. The van der Waals surface area contributed by atoms with Crippen molar-refractivity contribution >= 4 is 29.1 Å². The number of carbonyl (C=O) groups is 1. The molecule has 0 fully saturated rings. The Kier molecular flexibility index (Phi) is 7.54. The molecule has 0 bridgehead atoms.